The van der Waals surface area contributed by atoms with Gasteiger partial charge in [-0.1, -0.05) is 50.1 Å². The number of hydrogen-bond donors (Lipinski definition) is 2. The Hall–Kier alpha value is -3.10. The molecule has 0 saturated carbocycles. The third-order valence-corrected chi connectivity index (χ3v) is 7.20. The summed E-state index contributed by atoms with van der Waals surface area (Å²) in [4.78, 5) is 20.2. The van der Waals surface area contributed by atoms with Crippen molar-refractivity contribution in [2.24, 2.45) is 10.9 Å². The SMILES string of the molecule is C=C1NC(c2ccc(Cl)cc2)=NC2=C1CN(C(=O)Cc1ccc(NS(C)(=O)=O)cc1)CC2CCCC. The molecule has 1 amide bonds. The largest absolute Gasteiger partial charge is 0.340 e. The first-order chi connectivity index (χ1) is 17.1. The first kappa shape index (κ1) is 26.0. The van der Waals surface area contributed by atoms with E-state index in [4.69, 9.17) is 16.6 Å². The van der Waals surface area contributed by atoms with Crippen LogP contribution in [0.5, 0.6) is 0 Å². The van der Waals surface area contributed by atoms with Crippen LogP contribution in [0.15, 0.2) is 77.1 Å². The first-order valence-corrected chi connectivity index (χ1v) is 14.3. The third-order valence-electron chi connectivity index (χ3n) is 6.34. The van der Waals surface area contributed by atoms with E-state index in [1.54, 1.807) is 24.3 Å². The van der Waals surface area contributed by atoms with Gasteiger partial charge < -0.3 is 10.2 Å². The monoisotopic (exact) mass is 526 g/mol. The molecule has 0 bridgehead atoms. The average molecular weight is 527 g/mol. The number of benzene rings is 2. The molecule has 0 aromatic heterocycles. The molecule has 36 heavy (non-hydrogen) atoms. The van der Waals surface area contributed by atoms with Gasteiger partial charge in [0.1, 0.15) is 5.84 Å². The molecule has 2 aromatic carbocycles. The van der Waals surface area contributed by atoms with E-state index in [2.05, 4.69) is 23.5 Å². The number of halogens is 1. The maximum atomic E-state index is 13.3. The fourth-order valence-corrected chi connectivity index (χ4v) is 5.21. The van der Waals surface area contributed by atoms with Crippen LogP contribution in [0.4, 0.5) is 5.69 Å². The second kappa shape index (κ2) is 10.9. The fourth-order valence-electron chi connectivity index (χ4n) is 4.52. The molecule has 0 saturated heterocycles. The fraction of sp³-hybridized carbons (Fsp3) is 0.333. The van der Waals surface area contributed by atoms with E-state index in [-0.39, 0.29) is 18.2 Å². The van der Waals surface area contributed by atoms with Crippen molar-refractivity contribution in [3.63, 3.8) is 0 Å². The Labute approximate surface area is 218 Å². The minimum Gasteiger partial charge on any atom is -0.340 e. The van der Waals surface area contributed by atoms with Crippen LogP contribution in [0.2, 0.25) is 5.02 Å². The molecule has 9 heteroatoms. The molecule has 1 unspecified atom stereocenters. The number of amides is 1. The normalized spacial score (nSPS) is 17.9. The van der Waals surface area contributed by atoms with E-state index in [9.17, 15) is 13.2 Å². The Kier molecular flexibility index (Phi) is 7.85. The first-order valence-electron chi connectivity index (χ1n) is 12.0. The average Bonchev–Trinajstić information content (AvgIpc) is 2.83. The zero-order valence-electron chi connectivity index (χ0n) is 20.6. The predicted octanol–water partition coefficient (Wildman–Crippen LogP) is 4.72. The van der Waals surface area contributed by atoms with Gasteiger partial charge in [0, 0.05) is 46.6 Å². The third kappa shape index (κ3) is 6.36. The van der Waals surface area contributed by atoms with E-state index in [0.717, 1.165) is 59.4 Å². The highest BCUT2D eigenvalue weighted by Gasteiger charge is 2.33. The summed E-state index contributed by atoms with van der Waals surface area (Å²) in [5, 5.41) is 3.99. The lowest BCUT2D eigenvalue weighted by Crippen LogP contribution is -2.45. The summed E-state index contributed by atoms with van der Waals surface area (Å²) in [6, 6.07) is 14.4. The molecule has 2 aliphatic rings. The number of anilines is 1. The smallest absolute Gasteiger partial charge is 0.229 e. The Morgan fingerprint density at radius 3 is 2.53 bits per heavy atom. The van der Waals surface area contributed by atoms with Gasteiger partial charge in [-0.05, 0) is 48.4 Å². The lowest BCUT2D eigenvalue weighted by Gasteiger charge is -2.38. The number of sulfonamides is 1. The maximum absolute atomic E-state index is 13.3. The van der Waals surface area contributed by atoms with Gasteiger partial charge in [-0.15, -0.1) is 0 Å². The summed E-state index contributed by atoms with van der Waals surface area (Å²) in [7, 11) is -3.35. The van der Waals surface area contributed by atoms with Crippen LogP contribution in [-0.2, 0) is 21.2 Å². The van der Waals surface area contributed by atoms with Crippen molar-refractivity contribution in [1.82, 2.24) is 10.2 Å². The summed E-state index contributed by atoms with van der Waals surface area (Å²) in [5.74, 6) is 0.895. The van der Waals surface area contributed by atoms with E-state index in [1.807, 2.05) is 29.2 Å². The number of aliphatic imine (C=N–C) groups is 1. The molecular formula is C27H31ClN4O3S. The van der Waals surface area contributed by atoms with Crippen molar-refractivity contribution in [3.8, 4) is 0 Å². The molecule has 2 aliphatic heterocycles. The summed E-state index contributed by atoms with van der Waals surface area (Å²) in [5.41, 5.74) is 4.99. The van der Waals surface area contributed by atoms with Crippen LogP contribution in [-0.4, -0.2) is 44.4 Å². The number of unbranched alkanes of at least 4 members (excludes halogenated alkanes) is 1. The van der Waals surface area contributed by atoms with E-state index >= 15 is 0 Å². The van der Waals surface area contributed by atoms with Gasteiger partial charge >= 0.3 is 0 Å². The molecule has 7 nitrogen and oxygen atoms in total. The van der Waals surface area contributed by atoms with Crippen LogP contribution in [0.25, 0.3) is 0 Å². The summed E-state index contributed by atoms with van der Waals surface area (Å²) in [6.45, 7) is 7.47. The van der Waals surface area contributed by atoms with E-state index in [1.165, 1.54) is 0 Å². The quantitative estimate of drug-likeness (QED) is 0.520. The second-order valence-corrected chi connectivity index (χ2v) is 11.5. The van der Waals surface area contributed by atoms with Gasteiger partial charge in [-0.25, -0.2) is 13.4 Å². The van der Waals surface area contributed by atoms with Gasteiger partial charge in [0.15, 0.2) is 0 Å². The Morgan fingerprint density at radius 1 is 1.19 bits per heavy atom. The number of nitrogens with one attached hydrogen (secondary N) is 2. The van der Waals surface area contributed by atoms with Crippen LogP contribution in [0, 0.1) is 5.92 Å². The molecule has 1 atom stereocenters. The lowest BCUT2D eigenvalue weighted by atomic mass is 9.88. The molecule has 0 aliphatic carbocycles. The van der Waals surface area contributed by atoms with Crippen LogP contribution >= 0.6 is 11.6 Å². The molecular weight excluding hydrogens is 496 g/mol. The molecule has 2 N–H and O–H groups in total. The standard InChI is InChI=1S/C27H31ClN4O3S/c1-4-5-6-21-16-32(25(33)15-19-7-13-23(14-8-19)31-36(3,34)35)17-24-18(2)29-27(30-26(21)24)20-9-11-22(28)12-10-20/h7-14,21,31H,2,4-6,15-17H2,1,3H3,(H,29,30). The highest BCUT2D eigenvalue weighted by Crippen LogP contribution is 2.34. The van der Waals surface area contributed by atoms with Crippen LogP contribution in [0.3, 0.4) is 0 Å². The number of nitrogens with zero attached hydrogens (tertiary/aromatic N) is 2. The van der Waals surface area contributed by atoms with E-state index < -0.39 is 10.0 Å². The summed E-state index contributed by atoms with van der Waals surface area (Å²) >= 11 is 6.06. The van der Waals surface area contributed by atoms with Crippen LogP contribution < -0.4 is 10.0 Å². The van der Waals surface area contributed by atoms with Crippen LogP contribution in [0.1, 0.15) is 37.3 Å². The van der Waals surface area contributed by atoms with Gasteiger partial charge in [0.05, 0.1) is 18.4 Å². The molecule has 0 spiro atoms. The molecule has 4 rings (SSSR count). The van der Waals surface area contributed by atoms with Crippen molar-refractivity contribution < 1.29 is 13.2 Å². The zero-order valence-corrected chi connectivity index (χ0v) is 22.1. The molecule has 2 aromatic rings. The minimum atomic E-state index is -3.35. The highest BCUT2D eigenvalue weighted by atomic mass is 35.5. The zero-order chi connectivity index (χ0) is 25.9. The lowest BCUT2D eigenvalue weighted by molar-refractivity contribution is -0.130. The van der Waals surface area contributed by atoms with Gasteiger partial charge in [-0.3, -0.25) is 9.52 Å². The second-order valence-electron chi connectivity index (χ2n) is 9.30. The Balaban J connectivity index is 1.54. The van der Waals surface area contributed by atoms with E-state index in [0.29, 0.717) is 23.8 Å². The number of amidine groups is 1. The van der Waals surface area contributed by atoms with Gasteiger partial charge in [-0.2, -0.15) is 0 Å². The Morgan fingerprint density at radius 2 is 1.89 bits per heavy atom. The van der Waals surface area contributed by atoms with Crippen molar-refractivity contribution in [3.05, 3.63) is 88.2 Å². The van der Waals surface area contributed by atoms with Crippen molar-refractivity contribution in [2.75, 3.05) is 24.1 Å². The molecule has 0 radical (unpaired) electrons. The van der Waals surface area contributed by atoms with Gasteiger partial charge in [0.2, 0.25) is 15.9 Å². The number of carbonyl (C=O) groups excluding carboxylic acids is 1. The minimum absolute atomic E-state index is 0.0205. The topological polar surface area (TPSA) is 90.9 Å². The van der Waals surface area contributed by atoms with Crippen molar-refractivity contribution >= 4 is 39.1 Å². The predicted molar refractivity (Wildman–Crippen MR) is 145 cm³/mol. The number of rotatable bonds is 8. The number of carbonyl (C=O) groups is 1. The summed E-state index contributed by atoms with van der Waals surface area (Å²) in [6.07, 6.45) is 4.39. The van der Waals surface area contributed by atoms with Crippen molar-refractivity contribution in [2.45, 2.75) is 32.6 Å². The molecule has 190 valence electrons. The number of hydrogen-bond acceptors (Lipinski definition) is 5. The van der Waals surface area contributed by atoms with Gasteiger partial charge in [0.25, 0.3) is 0 Å². The maximum Gasteiger partial charge on any atom is 0.229 e. The molecule has 2 heterocycles. The highest BCUT2D eigenvalue weighted by molar-refractivity contribution is 7.92. The Bertz CT molecular complexity index is 1320. The van der Waals surface area contributed by atoms with Crippen molar-refractivity contribution in [1.29, 1.82) is 0 Å². The molecule has 0 fully saturated rings. The summed E-state index contributed by atoms with van der Waals surface area (Å²) < 4.78 is 25.3.